The number of nitrogens with zero attached hydrogens (tertiary/aromatic N) is 3. The molecule has 3 aromatic carbocycles. The minimum atomic E-state index is -5.08. The van der Waals surface area contributed by atoms with Gasteiger partial charge in [-0.3, -0.25) is 10.4 Å². The highest BCUT2D eigenvalue weighted by molar-refractivity contribution is 5.95. The summed E-state index contributed by atoms with van der Waals surface area (Å²) >= 11 is 0. The Morgan fingerprint density at radius 2 is 1.48 bits per heavy atom. The van der Waals surface area contributed by atoms with E-state index in [-0.39, 0.29) is 52.7 Å². The van der Waals surface area contributed by atoms with Gasteiger partial charge in [0.15, 0.2) is 11.6 Å². The van der Waals surface area contributed by atoms with Gasteiger partial charge in [-0.2, -0.15) is 31.0 Å². The van der Waals surface area contributed by atoms with Crippen molar-refractivity contribution in [2.24, 2.45) is 11.1 Å². The zero-order valence-electron chi connectivity index (χ0n) is 31.3. The molecule has 0 saturated heterocycles. The van der Waals surface area contributed by atoms with Crippen LogP contribution < -0.4 is 20.9 Å². The normalized spacial score (nSPS) is 12.0. The van der Waals surface area contributed by atoms with Crippen LogP contribution in [0.1, 0.15) is 52.6 Å². The van der Waals surface area contributed by atoms with Crippen LogP contribution in [0.5, 0.6) is 11.5 Å². The number of alkyl halides is 6. The molecule has 1 heterocycles. The van der Waals surface area contributed by atoms with E-state index in [0.717, 1.165) is 10.2 Å². The number of halogens is 7. The third-order valence-corrected chi connectivity index (χ3v) is 7.53. The Morgan fingerprint density at radius 1 is 0.948 bits per heavy atom. The number of carboxylic acid groups (broad SMARTS) is 3. The summed E-state index contributed by atoms with van der Waals surface area (Å²) in [6.07, 6.45) is -9.98. The number of nitrogen functional groups attached to an aromatic ring is 1. The summed E-state index contributed by atoms with van der Waals surface area (Å²) in [6, 6.07) is 15.9. The number of nitrogens with two attached hydrogens (primary N) is 1. The van der Waals surface area contributed by atoms with Crippen molar-refractivity contribution in [3.63, 3.8) is 0 Å². The fourth-order valence-corrected chi connectivity index (χ4v) is 5.15. The third kappa shape index (κ3) is 13.9. The number of aliphatic carboxylic acids is 2. The zero-order chi connectivity index (χ0) is 44.3. The van der Waals surface area contributed by atoms with Gasteiger partial charge in [-0.15, -0.1) is 5.10 Å². The standard InChI is InChI=1S/C32H37FN6O5.2C2HF3O2/c1-32(2,17-38(3)4)18-44-26-16-21(43-5)15-23(27(26)33)24(14-19-10-12-20(13-11-19)28(34)35)29-36-31(42)39(37-29)25-9-7-6-8-22(25)30(40)41;2*3-2(4,5)1(6)7/h6-13,15-16,24H,14,17-18H2,1-5H3,(H3,34,35)(H,40,41)(H,36,37,42);2*(H,6,7). The quantitative estimate of drug-likeness (QED) is 0.0573. The number of rotatable bonds is 13. The second kappa shape index (κ2) is 19.6. The van der Waals surface area contributed by atoms with Gasteiger partial charge in [-0.1, -0.05) is 50.2 Å². The number of hydrogen-bond acceptors (Lipinski definition) is 9. The van der Waals surface area contributed by atoms with Crippen LogP contribution in [0, 0.1) is 16.6 Å². The number of benzene rings is 3. The second-order valence-electron chi connectivity index (χ2n) is 13.2. The van der Waals surface area contributed by atoms with Crippen molar-refractivity contribution in [3.05, 3.63) is 105 Å². The molecule has 0 radical (unpaired) electrons. The topological polar surface area (TPSA) is 234 Å². The number of amidine groups is 1. The maximum Gasteiger partial charge on any atom is 0.490 e. The summed E-state index contributed by atoms with van der Waals surface area (Å²) < 4.78 is 92.4. The van der Waals surface area contributed by atoms with Gasteiger partial charge in [0.05, 0.1) is 30.9 Å². The Hall–Kier alpha value is -6.45. The highest BCUT2D eigenvalue weighted by Gasteiger charge is 2.39. The molecule has 0 fully saturated rings. The van der Waals surface area contributed by atoms with E-state index in [1.54, 1.807) is 36.4 Å². The van der Waals surface area contributed by atoms with Gasteiger partial charge in [-0.25, -0.2) is 23.6 Å². The molecule has 4 rings (SSSR count). The highest BCUT2D eigenvalue weighted by Crippen LogP contribution is 2.37. The van der Waals surface area contributed by atoms with Gasteiger partial charge < -0.3 is 35.4 Å². The molecule has 0 aliphatic rings. The molecule has 0 saturated carbocycles. The molecular weight excluding hydrogens is 793 g/mol. The summed E-state index contributed by atoms with van der Waals surface area (Å²) in [7, 11) is 5.37. The van der Waals surface area contributed by atoms with E-state index in [1.165, 1.54) is 31.4 Å². The molecule has 15 nitrogen and oxygen atoms in total. The minimum absolute atomic E-state index is 0.0129. The van der Waals surface area contributed by atoms with Gasteiger partial charge in [0, 0.05) is 29.2 Å². The van der Waals surface area contributed by atoms with Crippen molar-refractivity contribution in [3.8, 4) is 17.2 Å². The van der Waals surface area contributed by atoms with Gasteiger partial charge in [0.1, 0.15) is 17.4 Å². The molecule has 316 valence electrons. The molecule has 0 aliphatic carbocycles. The smallest absolute Gasteiger partial charge is 0.490 e. The summed E-state index contributed by atoms with van der Waals surface area (Å²) in [5.74, 6) is -7.88. The lowest BCUT2D eigenvalue weighted by molar-refractivity contribution is -0.193. The largest absolute Gasteiger partial charge is 0.497 e. The molecule has 1 atom stereocenters. The predicted octanol–water partition coefficient (Wildman–Crippen LogP) is 5.30. The van der Waals surface area contributed by atoms with E-state index < -0.39 is 47.7 Å². The molecule has 22 heteroatoms. The van der Waals surface area contributed by atoms with Gasteiger partial charge >= 0.3 is 36.0 Å². The number of aromatic carboxylic acids is 1. The monoisotopic (exact) mass is 832 g/mol. The molecule has 58 heavy (non-hydrogen) atoms. The number of hydrogen-bond donors (Lipinski definition) is 6. The summed E-state index contributed by atoms with van der Waals surface area (Å²) in [4.78, 5) is 47.6. The molecule has 0 bridgehead atoms. The van der Waals surface area contributed by atoms with Crippen molar-refractivity contribution >= 4 is 23.7 Å². The molecule has 1 aromatic heterocycles. The highest BCUT2D eigenvalue weighted by atomic mass is 19.4. The third-order valence-electron chi connectivity index (χ3n) is 7.53. The number of aromatic nitrogens is 3. The van der Waals surface area contributed by atoms with Gasteiger partial charge in [-0.05, 0) is 44.3 Å². The number of carbonyl (C=O) groups is 3. The predicted molar refractivity (Wildman–Crippen MR) is 192 cm³/mol. The van der Waals surface area contributed by atoms with Crippen LogP contribution >= 0.6 is 0 Å². The van der Waals surface area contributed by atoms with Crippen molar-refractivity contribution in [1.29, 1.82) is 5.41 Å². The average Bonchev–Trinajstić information content (AvgIpc) is 3.50. The second-order valence-corrected chi connectivity index (χ2v) is 13.2. The zero-order valence-corrected chi connectivity index (χ0v) is 31.3. The first-order chi connectivity index (χ1) is 26.7. The van der Waals surface area contributed by atoms with E-state index in [2.05, 4.69) is 10.1 Å². The molecule has 0 aliphatic heterocycles. The van der Waals surface area contributed by atoms with Crippen LogP contribution in [0.4, 0.5) is 30.7 Å². The van der Waals surface area contributed by atoms with Crippen molar-refractivity contribution < 1.29 is 69.9 Å². The Balaban J connectivity index is 0.000000707. The van der Waals surface area contributed by atoms with E-state index in [9.17, 15) is 41.0 Å². The number of nitrogens with one attached hydrogen (secondary N) is 2. The first kappa shape index (κ1) is 47.7. The van der Waals surface area contributed by atoms with Gasteiger partial charge in [0.2, 0.25) is 0 Å². The maximum absolute atomic E-state index is 16.4. The molecule has 1 unspecified atom stereocenters. The number of carboxylic acids is 3. The number of aromatic amines is 1. The van der Waals surface area contributed by atoms with E-state index >= 15 is 4.39 Å². The van der Waals surface area contributed by atoms with Gasteiger partial charge in [0.25, 0.3) is 0 Å². The van der Waals surface area contributed by atoms with Crippen LogP contribution in [-0.4, -0.2) is 105 Å². The molecule has 0 amide bonds. The lowest BCUT2D eigenvalue weighted by Crippen LogP contribution is -2.33. The van der Waals surface area contributed by atoms with Crippen molar-refractivity contribution in [2.45, 2.75) is 38.5 Å². The number of para-hydroxylation sites is 1. The minimum Gasteiger partial charge on any atom is -0.497 e. The Morgan fingerprint density at radius 3 is 1.95 bits per heavy atom. The van der Waals surface area contributed by atoms with E-state index in [0.29, 0.717) is 17.9 Å². The van der Waals surface area contributed by atoms with Crippen molar-refractivity contribution in [1.82, 2.24) is 19.7 Å². The van der Waals surface area contributed by atoms with E-state index in [4.69, 9.17) is 40.4 Å². The van der Waals surface area contributed by atoms with Crippen LogP contribution in [-0.2, 0) is 16.0 Å². The Kier molecular flexibility index (Phi) is 16.1. The lowest BCUT2D eigenvalue weighted by Gasteiger charge is -2.28. The van der Waals surface area contributed by atoms with Crippen LogP contribution in [0.15, 0.2) is 65.5 Å². The van der Waals surface area contributed by atoms with Crippen LogP contribution in [0.2, 0.25) is 0 Å². The summed E-state index contributed by atoms with van der Waals surface area (Å²) in [5, 5.41) is 36.1. The number of H-pyrrole nitrogens is 1. The summed E-state index contributed by atoms with van der Waals surface area (Å²) in [5.41, 5.74) is 6.02. The maximum atomic E-state index is 16.4. The number of ether oxygens (including phenoxy) is 2. The lowest BCUT2D eigenvalue weighted by atomic mass is 9.90. The Labute approximate surface area is 324 Å². The molecule has 7 N–H and O–H groups in total. The summed E-state index contributed by atoms with van der Waals surface area (Å²) in [6.45, 7) is 4.97. The number of methoxy groups -OCH3 is 1. The van der Waals surface area contributed by atoms with Crippen LogP contribution in [0.3, 0.4) is 0 Å². The van der Waals surface area contributed by atoms with Crippen molar-refractivity contribution in [2.75, 3.05) is 34.4 Å². The molecule has 0 spiro atoms. The fourth-order valence-electron chi connectivity index (χ4n) is 5.15. The Bertz CT molecular complexity index is 2110. The SMILES string of the molecule is COc1cc(OCC(C)(C)CN(C)C)c(F)c(C(Cc2ccc(C(=N)N)cc2)c2nn(-c3ccccc3C(=O)O)c(=O)[nH]2)c1.O=C(O)C(F)(F)F.O=C(O)C(F)(F)F. The van der Waals surface area contributed by atoms with Crippen LogP contribution in [0.25, 0.3) is 5.69 Å². The van der Waals surface area contributed by atoms with E-state index in [1.807, 2.05) is 32.8 Å². The molecular formula is C36H39F7N6O9. The first-order valence-corrected chi connectivity index (χ1v) is 16.4. The average molecular weight is 833 g/mol. The first-order valence-electron chi connectivity index (χ1n) is 16.4. The fraction of sp³-hybridized carbons (Fsp3) is 0.333. The molecule has 4 aromatic rings.